The van der Waals surface area contributed by atoms with Crippen molar-refractivity contribution in [3.63, 3.8) is 0 Å². The molecule has 0 amide bonds. The van der Waals surface area contributed by atoms with Gasteiger partial charge in [-0.15, -0.1) is 0 Å². The van der Waals surface area contributed by atoms with E-state index in [0.29, 0.717) is 5.41 Å². The second kappa shape index (κ2) is 9.06. The number of hydrogen-bond donors (Lipinski definition) is 1. The molecule has 1 fully saturated rings. The van der Waals surface area contributed by atoms with E-state index in [2.05, 4.69) is 46.0 Å². The van der Waals surface area contributed by atoms with Crippen LogP contribution >= 0.6 is 0 Å². The summed E-state index contributed by atoms with van der Waals surface area (Å²) in [5.41, 5.74) is 1.44. The maximum atomic E-state index is 4.90. The van der Waals surface area contributed by atoms with Gasteiger partial charge in [0.15, 0.2) is 5.96 Å². The highest BCUT2D eigenvalue weighted by Crippen LogP contribution is 2.21. The molecule has 24 heavy (non-hydrogen) atoms. The highest BCUT2D eigenvalue weighted by molar-refractivity contribution is 5.79. The number of piperazine rings is 1. The number of hydrogen-bond acceptors (Lipinski definition) is 4. The first-order valence-electron chi connectivity index (χ1n) is 9.05. The summed E-state index contributed by atoms with van der Waals surface area (Å²) in [6.07, 6.45) is 5.37. The molecule has 2 rings (SSSR count). The number of rotatable bonds is 6. The van der Waals surface area contributed by atoms with Crippen LogP contribution in [-0.2, 0) is 6.54 Å². The van der Waals surface area contributed by atoms with E-state index in [1.54, 1.807) is 6.26 Å². The lowest BCUT2D eigenvalue weighted by molar-refractivity contribution is 0.169. The van der Waals surface area contributed by atoms with Gasteiger partial charge >= 0.3 is 0 Å². The van der Waals surface area contributed by atoms with Gasteiger partial charge in [-0.05, 0) is 18.3 Å². The third-order valence-corrected chi connectivity index (χ3v) is 4.40. The van der Waals surface area contributed by atoms with E-state index in [1.165, 1.54) is 19.3 Å². The molecule has 6 heteroatoms. The van der Waals surface area contributed by atoms with Crippen molar-refractivity contribution in [2.45, 2.75) is 46.6 Å². The second-order valence-corrected chi connectivity index (χ2v) is 7.75. The monoisotopic (exact) mass is 335 g/mol. The Morgan fingerprint density at radius 3 is 2.58 bits per heavy atom. The molecule has 6 nitrogen and oxygen atoms in total. The van der Waals surface area contributed by atoms with Gasteiger partial charge in [-0.3, -0.25) is 9.89 Å². The average Bonchev–Trinajstić information content (AvgIpc) is 3.04. The molecule has 0 spiro atoms. The molecule has 0 bridgehead atoms. The summed E-state index contributed by atoms with van der Waals surface area (Å²) in [7, 11) is 1.87. The molecule has 1 aliphatic rings. The van der Waals surface area contributed by atoms with Crippen molar-refractivity contribution in [1.82, 2.24) is 20.3 Å². The Bertz CT molecular complexity index is 484. The smallest absolute Gasteiger partial charge is 0.193 e. The van der Waals surface area contributed by atoms with Crippen LogP contribution in [0.2, 0.25) is 0 Å². The lowest BCUT2D eigenvalue weighted by atomic mass is 9.90. The first-order chi connectivity index (χ1) is 11.5. The van der Waals surface area contributed by atoms with Crippen molar-refractivity contribution in [1.29, 1.82) is 0 Å². The molecule has 1 saturated heterocycles. The van der Waals surface area contributed by atoms with Crippen molar-refractivity contribution in [2.75, 3.05) is 39.8 Å². The van der Waals surface area contributed by atoms with Crippen LogP contribution in [0.25, 0.3) is 0 Å². The largest absolute Gasteiger partial charge is 0.364 e. The summed E-state index contributed by atoms with van der Waals surface area (Å²) in [6, 6.07) is 1.93. The molecule has 0 aromatic carbocycles. The summed E-state index contributed by atoms with van der Waals surface area (Å²) in [4.78, 5) is 9.20. The predicted molar refractivity (Wildman–Crippen MR) is 98.0 cm³/mol. The van der Waals surface area contributed by atoms with Crippen LogP contribution in [0.1, 0.15) is 45.7 Å². The number of aromatic nitrogens is 1. The van der Waals surface area contributed by atoms with Gasteiger partial charge in [0.25, 0.3) is 0 Å². The molecule has 1 N–H and O–H groups in total. The van der Waals surface area contributed by atoms with Crippen molar-refractivity contribution in [2.24, 2.45) is 10.4 Å². The molecule has 2 heterocycles. The number of unbranched alkanes of at least 4 members (excludes halogenated alkanes) is 1. The van der Waals surface area contributed by atoms with Crippen molar-refractivity contribution < 1.29 is 4.52 Å². The minimum Gasteiger partial charge on any atom is -0.364 e. The van der Waals surface area contributed by atoms with E-state index >= 15 is 0 Å². The van der Waals surface area contributed by atoms with Crippen LogP contribution in [0.15, 0.2) is 21.8 Å². The van der Waals surface area contributed by atoms with Crippen LogP contribution in [0, 0.1) is 5.41 Å². The zero-order valence-corrected chi connectivity index (χ0v) is 15.7. The fourth-order valence-electron chi connectivity index (χ4n) is 2.98. The molecule has 1 aliphatic heterocycles. The minimum absolute atomic E-state index is 0.432. The van der Waals surface area contributed by atoms with E-state index in [-0.39, 0.29) is 0 Å². The third-order valence-electron chi connectivity index (χ3n) is 4.40. The van der Waals surface area contributed by atoms with Crippen molar-refractivity contribution >= 4 is 5.96 Å². The van der Waals surface area contributed by atoms with E-state index < -0.39 is 0 Å². The summed E-state index contributed by atoms with van der Waals surface area (Å²) in [5, 5.41) is 7.51. The topological polar surface area (TPSA) is 56.9 Å². The lowest BCUT2D eigenvalue weighted by Gasteiger charge is -2.36. The van der Waals surface area contributed by atoms with Crippen molar-refractivity contribution in [3.05, 3.63) is 18.0 Å². The fourth-order valence-corrected chi connectivity index (χ4v) is 2.98. The van der Waals surface area contributed by atoms with Crippen LogP contribution in [0.5, 0.6) is 0 Å². The predicted octanol–water partition coefficient (Wildman–Crippen LogP) is 2.58. The van der Waals surface area contributed by atoms with Crippen molar-refractivity contribution in [3.8, 4) is 0 Å². The summed E-state index contributed by atoms with van der Waals surface area (Å²) >= 11 is 0. The van der Waals surface area contributed by atoms with Crippen LogP contribution in [0.4, 0.5) is 0 Å². The zero-order chi connectivity index (χ0) is 17.4. The molecule has 0 unspecified atom stereocenters. The second-order valence-electron chi connectivity index (χ2n) is 7.75. The Kier molecular flexibility index (Phi) is 7.09. The van der Waals surface area contributed by atoms with Gasteiger partial charge in [-0.2, -0.15) is 0 Å². The van der Waals surface area contributed by atoms with Gasteiger partial charge in [-0.25, -0.2) is 0 Å². The summed E-state index contributed by atoms with van der Waals surface area (Å²) in [6.45, 7) is 12.8. The molecule has 1 aromatic rings. The van der Waals surface area contributed by atoms with Gasteiger partial charge in [0.05, 0.1) is 5.69 Å². The van der Waals surface area contributed by atoms with Crippen LogP contribution in [0.3, 0.4) is 0 Å². The SMILES string of the molecule is CN=C(NCCCCC(C)(C)C)N1CCN(Cc2ccon2)CC1. The Balaban J connectivity index is 1.65. The first-order valence-corrected chi connectivity index (χ1v) is 9.05. The van der Waals surface area contributed by atoms with Gasteiger partial charge in [0.1, 0.15) is 6.26 Å². The van der Waals surface area contributed by atoms with Crippen LogP contribution in [-0.4, -0.2) is 60.7 Å². The lowest BCUT2D eigenvalue weighted by Crippen LogP contribution is -2.52. The molecule has 0 atom stereocenters. The zero-order valence-electron chi connectivity index (χ0n) is 15.7. The minimum atomic E-state index is 0.432. The first kappa shape index (κ1) is 18.8. The normalized spacial score (nSPS) is 17.3. The maximum absolute atomic E-state index is 4.90. The Morgan fingerprint density at radius 1 is 1.25 bits per heavy atom. The number of nitrogens with zero attached hydrogens (tertiary/aromatic N) is 4. The van der Waals surface area contributed by atoms with Gasteiger partial charge in [-0.1, -0.05) is 32.3 Å². The molecular formula is C18H33N5O. The summed E-state index contributed by atoms with van der Waals surface area (Å²) in [5.74, 6) is 1.03. The molecule has 0 saturated carbocycles. The average molecular weight is 335 g/mol. The van der Waals surface area contributed by atoms with E-state index in [9.17, 15) is 0 Å². The highest BCUT2D eigenvalue weighted by atomic mass is 16.5. The number of guanidine groups is 1. The van der Waals surface area contributed by atoms with Crippen LogP contribution < -0.4 is 5.32 Å². The van der Waals surface area contributed by atoms with E-state index in [0.717, 1.165) is 50.9 Å². The molecule has 136 valence electrons. The third kappa shape index (κ3) is 6.51. The van der Waals surface area contributed by atoms with E-state index in [1.807, 2.05) is 13.1 Å². The van der Waals surface area contributed by atoms with Gasteiger partial charge in [0.2, 0.25) is 0 Å². The standard InChI is InChI=1S/C18H33N5O/c1-18(2,3)8-5-6-9-20-17(19-4)23-12-10-22(11-13-23)15-16-7-14-24-21-16/h7,14H,5-6,8-13,15H2,1-4H3,(H,19,20). The number of aliphatic imine (C=N–C) groups is 1. The molecule has 1 aromatic heterocycles. The number of nitrogens with one attached hydrogen (secondary N) is 1. The quantitative estimate of drug-likeness (QED) is 0.492. The Labute approximate surface area is 146 Å². The highest BCUT2D eigenvalue weighted by Gasteiger charge is 2.20. The molecular weight excluding hydrogens is 302 g/mol. The van der Waals surface area contributed by atoms with E-state index in [4.69, 9.17) is 4.52 Å². The maximum Gasteiger partial charge on any atom is 0.193 e. The Morgan fingerprint density at radius 2 is 2.00 bits per heavy atom. The van der Waals surface area contributed by atoms with Gasteiger partial charge in [0, 0.05) is 52.4 Å². The van der Waals surface area contributed by atoms with Gasteiger partial charge < -0.3 is 14.7 Å². The molecule has 0 aliphatic carbocycles. The fraction of sp³-hybridized carbons (Fsp3) is 0.778. The Hall–Kier alpha value is -1.56. The summed E-state index contributed by atoms with van der Waals surface area (Å²) < 4.78 is 4.90. The molecule has 0 radical (unpaired) electrons.